The monoisotopic (exact) mass is 422 g/mol. The number of nitrogens with zero attached hydrogens (tertiary/aromatic N) is 3. The van der Waals surface area contributed by atoms with Gasteiger partial charge in [-0.2, -0.15) is 11.3 Å². The van der Waals surface area contributed by atoms with E-state index in [0.29, 0.717) is 30.9 Å². The normalized spacial score (nSPS) is 21.5. The average Bonchev–Trinajstić information content (AvgIpc) is 3.28. The van der Waals surface area contributed by atoms with Crippen LogP contribution in [0.5, 0.6) is 0 Å². The third-order valence-electron chi connectivity index (χ3n) is 5.92. The number of aryl methyl sites for hydroxylation is 2. The Morgan fingerprint density at radius 1 is 1.20 bits per heavy atom. The summed E-state index contributed by atoms with van der Waals surface area (Å²) in [5.41, 5.74) is 2.62. The molecule has 1 fully saturated rings. The number of β-amino-alcohol motifs (C(OH)–C–C–N with tert-alkyl or cyclic N) is 1. The standard InChI is InChI=1S/C23H26N4O2S/c1-15-16(2)24-17(3)25-21(15)27-11-10-23(20(28)13-27,19-7-5-4-6-8-19)26-22(29)18-9-12-30-14-18/h4-9,12,14,20,28H,10-11,13H2,1-3H3,(H,26,29)/t20-,23+/m1/s1. The van der Waals surface area contributed by atoms with Gasteiger partial charge in [-0.1, -0.05) is 30.3 Å². The smallest absolute Gasteiger partial charge is 0.252 e. The van der Waals surface area contributed by atoms with Crippen molar-refractivity contribution in [1.29, 1.82) is 0 Å². The number of hydrogen-bond acceptors (Lipinski definition) is 6. The van der Waals surface area contributed by atoms with Crippen LogP contribution in [0, 0.1) is 20.8 Å². The van der Waals surface area contributed by atoms with Gasteiger partial charge < -0.3 is 15.3 Å². The number of aliphatic hydroxyl groups is 1. The van der Waals surface area contributed by atoms with E-state index >= 15 is 0 Å². The maximum absolute atomic E-state index is 12.9. The van der Waals surface area contributed by atoms with E-state index in [4.69, 9.17) is 0 Å². The highest BCUT2D eigenvalue weighted by atomic mass is 32.1. The van der Waals surface area contributed by atoms with E-state index < -0.39 is 11.6 Å². The lowest BCUT2D eigenvalue weighted by Gasteiger charge is -2.47. The molecule has 0 unspecified atom stereocenters. The molecule has 0 spiro atoms. The Morgan fingerprint density at radius 2 is 1.97 bits per heavy atom. The van der Waals surface area contributed by atoms with E-state index in [9.17, 15) is 9.90 Å². The van der Waals surface area contributed by atoms with Gasteiger partial charge in [-0.3, -0.25) is 4.79 Å². The maximum Gasteiger partial charge on any atom is 0.252 e. The van der Waals surface area contributed by atoms with Gasteiger partial charge in [0.2, 0.25) is 0 Å². The van der Waals surface area contributed by atoms with Gasteiger partial charge in [0.1, 0.15) is 11.6 Å². The number of rotatable bonds is 4. The van der Waals surface area contributed by atoms with Crippen molar-refractivity contribution >= 4 is 23.1 Å². The van der Waals surface area contributed by atoms with E-state index in [1.807, 2.05) is 61.9 Å². The van der Waals surface area contributed by atoms with Crippen molar-refractivity contribution in [1.82, 2.24) is 15.3 Å². The summed E-state index contributed by atoms with van der Waals surface area (Å²) in [5, 5.41) is 18.3. The zero-order chi connectivity index (χ0) is 21.3. The number of carbonyl (C=O) groups excluding carboxylic acids is 1. The Labute approximate surface area is 180 Å². The number of hydrogen-bond donors (Lipinski definition) is 2. The zero-order valence-corrected chi connectivity index (χ0v) is 18.2. The quantitative estimate of drug-likeness (QED) is 0.674. The first-order chi connectivity index (χ1) is 14.4. The van der Waals surface area contributed by atoms with Crippen LogP contribution in [0.2, 0.25) is 0 Å². The van der Waals surface area contributed by atoms with Crippen LogP contribution in [0.3, 0.4) is 0 Å². The van der Waals surface area contributed by atoms with Crippen LogP contribution in [0.1, 0.15) is 39.4 Å². The molecule has 1 saturated heterocycles. The molecule has 2 N–H and O–H groups in total. The second-order valence-corrected chi connectivity index (χ2v) is 8.60. The number of thiophene rings is 1. The molecule has 4 rings (SSSR count). The second kappa shape index (κ2) is 8.16. The maximum atomic E-state index is 12.9. The van der Waals surface area contributed by atoms with Gasteiger partial charge in [0.25, 0.3) is 5.91 Å². The van der Waals surface area contributed by atoms with Gasteiger partial charge in [0, 0.05) is 29.7 Å². The molecule has 6 nitrogen and oxygen atoms in total. The second-order valence-electron chi connectivity index (χ2n) is 7.82. The third-order valence-corrected chi connectivity index (χ3v) is 6.61. The number of nitrogens with one attached hydrogen (secondary N) is 1. The number of aromatic nitrogens is 2. The summed E-state index contributed by atoms with van der Waals surface area (Å²) in [6.07, 6.45) is -0.235. The van der Waals surface area contributed by atoms with Gasteiger partial charge >= 0.3 is 0 Å². The van der Waals surface area contributed by atoms with Crippen molar-refractivity contribution in [2.24, 2.45) is 0 Å². The molecule has 1 aliphatic heterocycles. The Bertz CT molecular complexity index is 1040. The molecule has 2 atom stereocenters. The Kier molecular flexibility index (Phi) is 5.58. The summed E-state index contributed by atoms with van der Waals surface area (Å²) < 4.78 is 0. The molecular weight excluding hydrogens is 396 g/mol. The highest BCUT2D eigenvalue weighted by Gasteiger charge is 2.45. The van der Waals surface area contributed by atoms with E-state index in [1.54, 1.807) is 6.07 Å². The molecule has 1 amide bonds. The van der Waals surface area contributed by atoms with E-state index in [0.717, 1.165) is 22.6 Å². The molecule has 0 saturated carbocycles. The molecule has 2 aromatic heterocycles. The molecule has 30 heavy (non-hydrogen) atoms. The topological polar surface area (TPSA) is 78.4 Å². The number of anilines is 1. The average molecular weight is 423 g/mol. The van der Waals surface area contributed by atoms with Crippen LogP contribution in [-0.4, -0.2) is 40.2 Å². The molecule has 3 heterocycles. The molecule has 156 valence electrons. The fourth-order valence-corrected chi connectivity index (χ4v) is 4.78. The number of piperidine rings is 1. The highest BCUT2D eigenvalue weighted by molar-refractivity contribution is 7.08. The first-order valence-corrected chi connectivity index (χ1v) is 11.0. The summed E-state index contributed by atoms with van der Waals surface area (Å²) in [6, 6.07) is 11.6. The van der Waals surface area contributed by atoms with Crippen molar-refractivity contribution in [2.45, 2.75) is 38.8 Å². The van der Waals surface area contributed by atoms with Gasteiger partial charge in [-0.25, -0.2) is 9.97 Å². The van der Waals surface area contributed by atoms with Gasteiger partial charge in [-0.05, 0) is 44.2 Å². The summed E-state index contributed by atoms with van der Waals surface area (Å²) in [6.45, 7) is 6.89. The van der Waals surface area contributed by atoms with Crippen LogP contribution < -0.4 is 10.2 Å². The Hall–Kier alpha value is -2.77. The minimum absolute atomic E-state index is 0.169. The van der Waals surface area contributed by atoms with Gasteiger partial charge in [-0.15, -0.1) is 0 Å². The molecule has 0 radical (unpaired) electrons. The molecule has 1 aromatic carbocycles. The summed E-state index contributed by atoms with van der Waals surface area (Å²) in [5.74, 6) is 1.40. The minimum atomic E-state index is -0.859. The fraction of sp³-hybridized carbons (Fsp3) is 0.348. The lowest BCUT2D eigenvalue weighted by molar-refractivity contribution is 0.0364. The van der Waals surface area contributed by atoms with Crippen molar-refractivity contribution in [3.05, 3.63) is 75.4 Å². The van der Waals surface area contributed by atoms with Crippen molar-refractivity contribution in [2.75, 3.05) is 18.0 Å². The van der Waals surface area contributed by atoms with E-state index in [2.05, 4.69) is 20.2 Å². The first-order valence-electron chi connectivity index (χ1n) is 10.1. The lowest BCUT2D eigenvalue weighted by atomic mass is 9.78. The summed E-state index contributed by atoms with van der Waals surface area (Å²) in [4.78, 5) is 24.1. The number of aliphatic hydroxyl groups excluding tert-OH is 1. The Morgan fingerprint density at radius 3 is 2.63 bits per heavy atom. The van der Waals surface area contributed by atoms with Gasteiger partial charge in [0.15, 0.2) is 0 Å². The summed E-state index contributed by atoms with van der Waals surface area (Å²) in [7, 11) is 0. The molecule has 0 aliphatic carbocycles. The molecular formula is C23H26N4O2S. The minimum Gasteiger partial charge on any atom is -0.388 e. The van der Waals surface area contributed by atoms with Crippen molar-refractivity contribution in [3.8, 4) is 0 Å². The SMILES string of the molecule is Cc1nc(C)c(C)c(N2CC[C@](NC(=O)c3ccsc3)(c3ccccc3)[C@H](O)C2)n1. The lowest BCUT2D eigenvalue weighted by Crippen LogP contribution is -2.62. The third kappa shape index (κ3) is 3.70. The van der Waals surface area contributed by atoms with Crippen LogP contribution in [0.4, 0.5) is 5.82 Å². The molecule has 0 bridgehead atoms. The van der Waals surface area contributed by atoms with E-state index in [-0.39, 0.29) is 5.91 Å². The van der Waals surface area contributed by atoms with Crippen LogP contribution in [0.25, 0.3) is 0 Å². The number of carbonyl (C=O) groups is 1. The predicted octanol–water partition coefficient (Wildman–Crippen LogP) is 3.36. The molecule has 3 aromatic rings. The predicted molar refractivity (Wildman–Crippen MR) is 119 cm³/mol. The Balaban J connectivity index is 1.67. The highest BCUT2D eigenvalue weighted by Crippen LogP contribution is 2.36. The van der Waals surface area contributed by atoms with Crippen LogP contribution in [-0.2, 0) is 5.54 Å². The van der Waals surface area contributed by atoms with Crippen molar-refractivity contribution < 1.29 is 9.90 Å². The number of benzene rings is 1. The van der Waals surface area contributed by atoms with E-state index in [1.165, 1.54) is 11.3 Å². The molecule has 1 aliphatic rings. The zero-order valence-electron chi connectivity index (χ0n) is 17.4. The van der Waals surface area contributed by atoms with Crippen LogP contribution in [0.15, 0.2) is 47.2 Å². The molecule has 7 heteroatoms. The first kappa shape index (κ1) is 20.5. The van der Waals surface area contributed by atoms with Crippen molar-refractivity contribution in [3.63, 3.8) is 0 Å². The largest absolute Gasteiger partial charge is 0.388 e. The fourth-order valence-electron chi connectivity index (χ4n) is 4.14. The summed E-state index contributed by atoms with van der Waals surface area (Å²) >= 11 is 1.48. The van der Waals surface area contributed by atoms with Gasteiger partial charge in [0.05, 0.1) is 17.2 Å². The number of amides is 1. The van der Waals surface area contributed by atoms with Crippen LogP contribution >= 0.6 is 11.3 Å².